The Hall–Kier alpha value is -2.31. The maximum atomic E-state index is 12.4. The lowest BCUT2D eigenvalue weighted by Crippen LogP contribution is -2.45. The molecule has 0 bridgehead atoms. The first-order valence-electron chi connectivity index (χ1n) is 9.98. The number of aromatic nitrogens is 1. The van der Waals surface area contributed by atoms with E-state index in [0.717, 1.165) is 12.8 Å². The number of carbonyl (C=O) groups excluding carboxylic acids is 3. The molecule has 2 rings (SSSR count). The molecule has 1 fully saturated rings. The highest BCUT2D eigenvalue weighted by Gasteiger charge is 2.29. The van der Waals surface area contributed by atoms with Crippen LogP contribution in [0.4, 0.5) is 0 Å². The second kappa shape index (κ2) is 9.26. The predicted octanol–water partition coefficient (Wildman–Crippen LogP) is 3.29. The summed E-state index contributed by atoms with van der Waals surface area (Å²) in [5.74, 6) is -0.492. The van der Waals surface area contributed by atoms with E-state index >= 15 is 0 Å². The second-order valence-corrected chi connectivity index (χ2v) is 8.10. The lowest BCUT2D eigenvalue weighted by Gasteiger charge is -2.34. The first-order valence-corrected chi connectivity index (χ1v) is 9.98. The van der Waals surface area contributed by atoms with Gasteiger partial charge in [0.1, 0.15) is 5.69 Å². The SMILES string of the molecule is Cc1[nH]c(C(=O)OCC(=O)N[C@H]2CCC[C@H](C)[C@@H]2C)c(C)c1C(=O)OC(C)C. The van der Waals surface area contributed by atoms with Crippen molar-refractivity contribution in [2.24, 2.45) is 11.8 Å². The Kier molecular flexibility index (Phi) is 7.27. The maximum Gasteiger partial charge on any atom is 0.355 e. The molecule has 1 amide bonds. The van der Waals surface area contributed by atoms with Crippen LogP contribution in [0.25, 0.3) is 0 Å². The van der Waals surface area contributed by atoms with Gasteiger partial charge >= 0.3 is 11.9 Å². The topological polar surface area (TPSA) is 97.5 Å². The fourth-order valence-electron chi connectivity index (χ4n) is 3.77. The second-order valence-electron chi connectivity index (χ2n) is 8.10. The highest BCUT2D eigenvalue weighted by atomic mass is 16.5. The monoisotopic (exact) mass is 392 g/mol. The number of rotatable bonds is 6. The van der Waals surface area contributed by atoms with Crippen molar-refractivity contribution < 1.29 is 23.9 Å². The van der Waals surface area contributed by atoms with Gasteiger partial charge in [0.15, 0.2) is 6.61 Å². The highest BCUT2D eigenvalue weighted by molar-refractivity contribution is 5.99. The molecule has 1 aliphatic carbocycles. The van der Waals surface area contributed by atoms with Gasteiger partial charge in [0, 0.05) is 11.7 Å². The van der Waals surface area contributed by atoms with Gasteiger partial charge in [-0.2, -0.15) is 0 Å². The number of H-pyrrole nitrogens is 1. The number of nitrogens with one attached hydrogen (secondary N) is 2. The van der Waals surface area contributed by atoms with Crippen molar-refractivity contribution in [3.63, 3.8) is 0 Å². The van der Waals surface area contributed by atoms with Crippen molar-refractivity contribution in [1.29, 1.82) is 0 Å². The Balaban J connectivity index is 1.96. The van der Waals surface area contributed by atoms with E-state index in [4.69, 9.17) is 9.47 Å². The molecule has 0 aliphatic heterocycles. The normalized spacial score (nSPS) is 22.0. The molecule has 0 unspecified atom stereocenters. The summed E-state index contributed by atoms with van der Waals surface area (Å²) in [5.41, 5.74) is 1.49. The van der Waals surface area contributed by atoms with Gasteiger partial charge in [-0.25, -0.2) is 9.59 Å². The first-order chi connectivity index (χ1) is 13.1. The summed E-state index contributed by atoms with van der Waals surface area (Å²) in [7, 11) is 0. The van der Waals surface area contributed by atoms with Gasteiger partial charge in [0.2, 0.25) is 0 Å². The van der Waals surface area contributed by atoms with Crippen molar-refractivity contribution in [1.82, 2.24) is 10.3 Å². The van der Waals surface area contributed by atoms with Crippen molar-refractivity contribution in [2.45, 2.75) is 73.0 Å². The van der Waals surface area contributed by atoms with Gasteiger partial charge in [-0.3, -0.25) is 4.79 Å². The Bertz CT molecular complexity index is 737. The van der Waals surface area contributed by atoms with Gasteiger partial charge in [0.25, 0.3) is 5.91 Å². The minimum absolute atomic E-state index is 0.113. The molecule has 1 aromatic heterocycles. The van der Waals surface area contributed by atoms with Crippen molar-refractivity contribution in [3.8, 4) is 0 Å². The summed E-state index contributed by atoms with van der Waals surface area (Å²) >= 11 is 0. The van der Waals surface area contributed by atoms with Crippen LogP contribution >= 0.6 is 0 Å². The van der Waals surface area contributed by atoms with E-state index in [1.807, 2.05) is 0 Å². The molecule has 7 heteroatoms. The van der Waals surface area contributed by atoms with Crippen molar-refractivity contribution in [3.05, 3.63) is 22.5 Å². The zero-order chi connectivity index (χ0) is 21.0. The summed E-state index contributed by atoms with van der Waals surface area (Å²) in [5, 5.41) is 2.98. The number of aromatic amines is 1. The van der Waals surface area contributed by atoms with E-state index in [9.17, 15) is 14.4 Å². The number of ether oxygens (including phenoxy) is 2. The minimum Gasteiger partial charge on any atom is -0.459 e. The summed E-state index contributed by atoms with van der Waals surface area (Å²) in [6.45, 7) is 10.9. The van der Waals surface area contributed by atoms with Gasteiger partial charge in [-0.1, -0.05) is 26.7 Å². The molecule has 0 aromatic carbocycles. The van der Waals surface area contributed by atoms with Crippen LogP contribution in [0.2, 0.25) is 0 Å². The molecule has 0 radical (unpaired) electrons. The molecular formula is C21H32N2O5. The third-order valence-corrected chi connectivity index (χ3v) is 5.58. The number of aryl methyl sites for hydroxylation is 1. The molecule has 1 saturated carbocycles. The standard InChI is InChI=1S/C21H32N2O5/c1-11(2)28-20(25)18-14(5)19(22-15(18)6)21(26)27-10-17(24)23-16-9-7-8-12(3)13(16)4/h11-13,16,22H,7-10H2,1-6H3,(H,23,24)/t12-,13-,16-/m0/s1. The van der Waals surface area contributed by atoms with E-state index in [-0.39, 0.29) is 30.4 Å². The molecule has 1 heterocycles. The van der Waals surface area contributed by atoms with E-state index in [0.29, 0.717) is 28.7 Å². The van der Waals surface area contributed by atoms with Gasteiger partial charge in [-0.15, -0.1) is 0 Å². The Morgan fingerprint density at radius 1 is 1.14 bits per heavy atom. The van der Waals surface area contributed by atoms with E-state index < -0.39 is 11.9 Å². The molecular weight excluding hydrogens is 360 g/mol. The molecule has 1 aromatic rings. The molecule has 3 atom stereocenters. The van der Waals surface area contributed by atoms with Crippen molar-refractivity contribution in [2.75, 3.05) is 6.61 Å². The molecule has 28 heavy (non-hydrogen) atoms. The van der Waals surface area contributed by atoms with Gasteiger partial charge in [-0.05, 0) is 51.5 Å². The number of hydrogen-bond acceptors (Lipinski definition) is 5. The highest BCUT2D eigenvalue weighted by Crippen LogP contribution is 2.29. The first kappa shape index (κ1) is 22.0. The molecule has 156 valence electrons. The maximum absolute atomic E-state index is 12.4. The molecule has 2 N–H and O–H groups in total. The van der Waals surface area contributed by atoms with Crippen LogP contribution < -0.4 is 5.32 Å². The zero-order valence-electron chi connectivity index (χ0n) is 17.7. The third kappa shape index (κ3) is 5.14. The fraction of sp³-hybridized carbons (Fsp3) is 0.667. The van der Waals surface area contributed by atoms with E-state index in [1.54, 1.807) is 27.7 Å². The van der Waals surface area contributed by atoms with Gasteiger partial charge in [0.05, 0.1) is 11.7 Å². The summed E-state index contributed by atoms with van der Waals surface area (Å²) < 4.78 is 10.4. The molecule has 7 nitrogen and oxygen atoms in total. The van der Waals surface area contributed by atoms with Crippen LogP contribution in [0, 0.1) is 25.7 Å². The Morgan fingerprint density at radius 3 is 2.46 bits per heavy atom. The smallest absolute Gasteiger partial charge is 0.355 e. The Morgan fingerprint density at radius 2 is 1.82 bits per heavy atom. The summed E-state index contributed by atoms with van der Waals surface area (Å²) in [4.78, 5) is 39.7. The minimum atomic E-state index is -0.663. The summed E-state index contributed by atoms with van der Waals surface area (Å²) in [6.07, 6.45) is 2.95. The van der Waals surface area contributed by atoms with Crippen LogP contribution in [0.5, 0.6) is 0 Å². The number of esters is 2. The van der Waals surface area contributed by atoms with Crippen LogP contribution in [-0.4, -0.2) is 41.6 Å². The third-order valence-electron chi connectivity index (χ3n) is 5.58. The lowest BCUT2D eigenvalue weighted by molar-refractivity contribution is -0.125. The van der Waals surface area contributed by atoms with Crippen LogP contribution in [0.1, 0.15) is 79.1 Å². The Labute approximate surface area is 166 Å². The van der Waals surface area contributed by atoms with Gasteiger partial charge < -0.3 is 19.8 Å². The molecule has 0 spiro atoms. The van der Waals surface area contributed by atoms with Crippen LogP contribution in [0.15, 0.2) is 0 Å². The number of hydrogen-bond donors (Lipinski definition) is 2. The van der Waals surface area contributed by atoms with E-state index in [1.165, 1.54) is 6.42 Å². The summed E-state index contributed by atoms with van der Waals surface area (Å²) in [6, 6.07) is 0.113. The zero-order valence-corrected chi connectivity index (χ0v) is 17.7. The molecule has 1 aliphatic rings. The quantitative estimate of drug-likeness (QED) is 0.724. The van der Waals surface area contributed by atoms with Crippen LogP contribution in [0.3, 0.4) is 0 Å². The predicted molar refractivity (Wildman–Crippen MR) is 105 cm³/mol. The average molecular weight is 392 g/mol. The number of carbonyl (C=O) groups is 3. The van der Waals surface area contributed by atoms with E-state index in [2.05, 4.69) is 24.1 Å². The lowest BCUT2D eigenvalue weighted by atomic mass is 9.78. The fourth-order valence-corrected chi connectivity index (χ4v) is 3.77. The number of amides is 1. The average Bonchev–Trinajstić information content (AvgIpc) is 2.91. The van der Waals surface area contributed by atoms with Crippen molar-refractivity contribution >= 4 is 17.8 Å². The molecule has 0 saturated heterocycles. The van der Waals surface area contributed by atoms with Crippen LogP contribution in [-0.2, 0) is 14.3 Å². The largest absolute Gasteiger partial charge is 0.459 e.